The minimum atomic E-state index is -3.60. The monoisotopic (exact) mass is 348 g/mol. The van der Waals surface area contributed by atoms with Crippen LogP contribution >= 0.6 is 0 Å². The molecular weight excluding hydrogens is 324 g/mol. The first kappa shape index (κ1) is 18.4. The summed E-state index contributed by atoms with van der Waals surface area (Å²) in [6.45, 7) is 4.09. The fourth-order valence-electron chi connectivity index (χ4n) is 2.56. The molecule has 0 aliphatic heterocycles. The molecule has 5 nitrogen and oxygen atoms in total. The summed E-state index contributed by atoms with van der Waals surface area (Å²) in [6.07, 6.45) is 0. The third kappa shape index (κ3) is 4.56. The van der Waals surface area contributed by atoms with E-state index in [1.165, 1.54) is 4.31 Å². The highest BCUT2D eigenvalue weighted by atomic mass is 32.2. The van der Waals surface area contributed by atoms with Gasteiger partial charge in [0, 0.05) is 19.6 Å². The van der Waals surface area contributed by atoms with Crippen LogP contribution in [0.5, 0.6) is 5.75 Å². The van der Waals surface area contributed by atoms with E-state index in [4.69, 9.17) is 4.74 Å². The van der Waals surface area contributed by atoms with Crippen molar-refractivity contribution in [3.05, 3.63) is 65.2 Å². The Morgan fingerprint density at radius 1 is 1.17 bits per heavy atom. The standard InChI is InChI=1S/C18H24N2O3S/c1-14-8-5-6-11-18(14)15(2)19-24(21,22)20(3)13-16-9-7-10-17(12-16)23-4/h5-12,15,19H,13H2,1-4H3/t15-/m0/s1. The molecule has 1 N–H and O–H groups in total. The van der Waals surface area contributed by atoms with Crippen molar-refractivity contribution in [2.75, 3.05) is 14.2 Å². The first-order chi connectivity index (χ1) is 11.3. The zero-order valence-corrected chi connectivity index (χ0v) is 15.3. The Morgan fingerprint density at radius 3 is 2.54 bits per heavy atom. The topological polar surface area (TPSA) is 58.6 Å². The zero-order valence-electron chi connectivity index (χ0n) is 14.5. The maximum atomic E-state index is 12.6. The highest BCUT2D eigenvalue weighted by molar-refractivity contribution is 7.87. The predicted molar refractivity (Wildman–Crippen MR) is 96.1 cm³/mol. The number of methoxy groups -OCH3 is 1. The SMILES string of the molecule is COc1cccc(CN(C)S(=O)(=O)N[C@@H](C)c2ccccc2C)c1. The van der Waals surface area contributed by atoms with Crippen LogP contribution in [0.4, 0.5) is 0 Å². The molecule has 0 aliphatic rings. The molecule has 0 spiro atoms. The number of benzene rings is 2. The van der Waals surface area contributed by atoms with Crippen molar-refractivity contribution in [3.8, 4) is 5.75 Å². The Bertz CT molecular complexity index is 790. The van der Waals surface area contributed by atoms with E-state index in [-0.39, 0.29) is 12.6 Å². The molecule has 0 aliphatic carbocycles. The van der Waals surface area contributed by atoms with Crippen molar-refractivity contribution >= 4 is 10.2 Å². The van der Waals surface area contributed by atoms with E-state index >= 15 is 0 Å². The fourth-order valence-corrected chi connectivity index (χ4v) is 3.64. The second kappa shape index (κ2) is 7.79. The Morgan fingerprint density at radius 2 is 1.88 bits per heavy atom. The average molecular weight is 348 g/mol. The van der Waals surface area contributed by atoms with Crippen LogP contribution in [0.1, 0.15) is 29.7 Å². The van der Waals surface area contributed by atoms with E-state index in [1.807, 2.05) is 62.4 Å². The van der Waals surface area contributed by atoms with E-state index in [0.717, 1.165) is 16.7 Å². The molecule has 2 aromatic carbocycles. The molecule has 0 unspecified atom stereocenters. The fraction of sp³-hybridized carbons (Fsp3) is 0.333. The van der Waals surface area contributed by atoms with Crippen LogP contribution in [0.2, 0.25) is 0 Å². The Labute approximate surface area is 144 Å². The van der Waals surface area contributed by atoms with Gasteiger partial charge in [-0.3, -0.25) is 0 Å². The Hall–Kier alpha value is -1.89. The smallest absolute Gasteiger partial charge is 0.280 e. The number of hydrogen-bond donors (Lipinski definition) is 1. The van der Waals surface area contributed by atoms with Crippen molar-refractivity contribution in [2.24, 2.45) is 0 Å². The predicted octanol–water partition coefficient (Wildman–Crippen LogP) is 3.03. The molecule has 130 valence electrons. The van der Waals surface area contributed by atoms with Crippen LogP contribution in [0.25, 0.3) is 0 Å². The zero-order chi connectivity index (χ0) is 17.7. The van der Waals surface area contributed by atoms with Crippen LogP contribution in [-0.4, -0.2) is 26.9 Å². The van der Waals surface area contributed by atoms with Gasteiger partial charge in [0.05, 0.1) is 7.11 Å². The van der Waals surface area contributed by atoms with Crippen molar-refractivity contribution in [1.29, 1.82) is 0 Å². The van der Waals surface area contributed by atoms with Gasteiger partial charge in [-0.25, -0.2) is 0 Å². The number of hydrogen-bond acceptors (Lipinski definition) is 3. The molecule has 0 bridgehead atoms. The Balaban J connectivity index is 2.10. The number of aryl methyl sites for hydroxylation is 1. The number of nitrogens with one attached hydrogen (secondary N) is 1. The summed E-state index contributed by atoms with van der Waals surface area (Å²) in [7, 11) is -0.449. The van der Waals surface area contributed by atoms with Crippen LogP contribution in [0, 0.1) is 6.92 Å². The van der Waals surface area contributed by atoms with Gasteiger partial charge in [-0.15, -0.1) is 0 Å². The van der Waals surface area contributed by atoms with Crippen molar-refractivity contribution in [3.63, 3.8) is 0 Å². The maximum Gasteiger partial charge on any atom is 0.280 e. The molecule has 0 saturated carbocycles. The summed E-state index contributed by atoms with van der Waals surface area (Å²) in [5, 5.41) is 0. The lowest BCUT2D eigenvalue weighted by molar-refractivity contribution is 0.411. The molecule has 0 aromatic heterocycles. The number of nitrogens with zero attached hydrogens (tertiary/aromatic N) is 1. The molecule has 6 heteroatoms. The summed E-state index contributed by atoms with van der Waals surface area (Å²) in [5.41, 5.74) is 2.89. The highest BCUT2D eigenvalue weighted by Gasteiger charge is 2.22. The summed E-state index contributed by atoms with van der Waals surface area (Å²) in [5.74, 6) is 0.708. The van der Waals surface area contributed by atoms with Gasteiger partial charge in [-0.05, 0) is 42.7 Å². The van der Waals surface area contributed by atoms with Crippen molar-refractivity contribution < 1.29 is 13.2 Å². The third-order valence-electron chi connectivity index (χ3n) is 3.93. The lowest BCUT2D eigenvalue weighted by Gasteiger charge is -2.22. The maximum absolute atomic E-state index is 12.6. The molecule has 2 rings (SSSR count). The van der Waals surface area contributed by atoms with Gasteiger partial charge >= 0.3 is 0 Å². The minimum Gasteiger partial charge on any atom is -0.497 e. The molecule has 0 amide bonds. The summed E-state index contributed by atoms with van der Waals surface area (Å²) in [6, 6.07) is 14.8. The van der Waals surface area contributed by atoms with E-state index in [0.29, 0.717) is 5.75 Å². The number of ether oxygens (including phenoxy) is 1. The van der Waals surface area contributed by atoms with E-state index < -0.39 is 10.2 Å². The first-order valence-electron chi connectivity index (χ1n) is 7.75. The minimum absolute atomic E-state index is 0.271. The molecule has 0 fully saturated rings. The van der Waals surface area contributed by atoms with Crippen molar-refractivity contribution in [1.82, 2.24) is 9.03 Å². The normalized spacial score (nSPS) is 13.0. The van der Waals surface area contributed by atoms with Gasteiger partial charge in [-0.1, -0.05) is 36.4 Å². The number of rotatable bonds is 7. The van der Waals surface area contributed by atoms with E-state index in [9.17, 15) is 8.42 Å². The molecule has 1 atom stereocenters. The molecular formula is C18H24N2O3S. The van der Waals surface area contributed by atoms with Gasteiger partial charge in [0.25, 0.3) is 10.2 Å². The second-order valence-electron chi connectivity index (χ2n) is 5.81. The first-order valence-corrected chi connectivity index (χ1v) is 9.19. The molecule has 2 aromatic rings. The molecule has 0 saturated heterocycles. The van der Waals surface area contributed by atoms with Crippen LogP contribution in [-0.2, 0) is 16.8 Å². The summed E-state index contributed by atoms with van der Waals surface area (Å²) >= 11 is 0. The highest BCUT2D eigenvalue weighted by Crippen LogP contribution is 2.19. The van der Waals surface area contributed by atoms with Gasteiger partial charge in [0.2, 0.25) is 0 Å². The van der Waals surface area contributed by atoms with Gasteiger partial charge in [-0.2, -0.15) is 17.4 Å². The molecule has 0 heterocycles. The molecule has 0 radical (unpaired) electrons. The van der Waals surface area contributed by atoms with Gasteiger partial charge in [0.15, 0.2) is 0 Å². The van der Waals surface area contributed by atoms with Crippen LogP contribution in [0.3, 0.4) is 0 Å². The summed E-state index contributed by atoms with van der Waals surface area (Å²) in [4.78, 5) is 0. The van der Waals surface area contributed by atoms with E-state index in [2.05, 4.69) is 4.72 Å². The Kier molecular flexibility index (Phi) is 5.99. The second-order valence-corrected chi connectivity index (χ2v) is 7.62. The molecule has 24 heavy (non-hydrogen) atoms. The largest absolute Gasteiger partial charge is 0.497 e. The van der Waals surface area contributed by atoms with E-state index in [1.54, 1.807) is 14.2 Å². The van der Waals surface area contributed by atoms with Crippen LogP contribution < -0.4 is 9.46 Å². The lowest BCUT2D eigenvalue weighted by atomic mass is 10.0. The quantitative estimate of drug-likeness (QED) is 0.837. The lowest BCUT2D eigenvalue weighted by Crippen LogP contribution is -2.39. The van der Waals surface area contributed by atoms with Crippen LogP contribution in [0.15, 0.2) is 48.5 Å². The average Bonchev–Trinajstić information content (AvgIpc) is 2.54. The van der Waals surface area contributed by atoms with Crippen molar-refractivity contribution in [2.45, 2.75) is 26.4 Å². The summed E-state index contributed by atoms with van der Waals surface area (Å²) < 4.78 is 34.3. The third-order valence-corrected chi connectivity index (χ3v) is 5.53. The van der Waals surface area contributed by atoms with Gasteiger partial charge in [0.1, 0.15) is 5.75 Å². The van der Waals surface area contributed by atoms with Gasteiger partial charge < -0.3 is 4.74 Å².